The molecule has 8 heteroatoms. The first-order valence-electron chi connectivity index (χ1n) is 4.96. The third-order valence-corrected chi connectivity index (χ3v) is 2.33. The van der Waals surface area contributed by atoms with Crippen LogP contribution in [-0.4, -0.2) is 49.6 Å². The van der Waals surface area contributed by atoms with Crippen LogP contribution < -0.4 is 4.90 Å². The minimum absolute atomic E-state index is 0.157. The Bertz CT molecular complexity index is 578. The topological polar surface area (TPSA) is 97.0 Å². The van der Waals surface area contributed by atoms with Gasteiger partial charge in [0.25, 0.3) is 0 Å². The number of hydrogen-bond acceptors (Lipinski definition) is 6. The lowest BCUT2D eigenvalue weighted by molar-refractivity contribution is -0.135. The largest absolute Gasteiger partial charge is 0.480 e. The zero-order valence-corrected chi connectivity index (χ0v) is 9.75. The maximum atomic E-state index is 10.6. The van der Waals surface area contributed by atoms with Crippen LogP contribution in [-0.2, 0) is 11.8 Å². The Morgan fingerprint density at radius 2 is 2.18 bits per heavy atom. The quantitative estimate of drug-likeness (QED) is 0.773. The number of anilines is 1. The summed E-state index contributed by atoms with van der Waals surface area (Å²) in [6.07, 6.45) is 0. The fourth-order valence-electron chi connectivity index (χ4n) is 1.48. The molecular formula is C9H12N6O2. The van der Waals surface area contributed by atoms with Crippen LogP contribution in [0.15, 0.2) is 0 Å². The van der Waals surface area contributed by atoms with Gasteiger partial charge in [0.1, 0.15) is 6.54 Å². The minimum Gasteiger partial charge on any atom is -0.480 e. The number of rotatable bonds is 3. The number of aliphatic carboxylic acids is 1. The van der Waals surface area contributed by atoms with Crippen LogP contribution in [0.5, 0.6) is 0 Å². The van der Waals surface area contributed by atoms with Crippen molar-refractivity contribution in [3.8, 4) is 0 Å². The SMILES string of the molecule is Cc1nc(N(C)CC(=O)O)nc2c1nnn2C. The Morgan fingerprint density at radius 3 is 2.82 bits per heavy atom. The zero-order chi connectivity index (χ0) is 12.6. The van der Waals surface area contributed by atoms with Crippen molar-refractivity contribution in [3.05, 3.63) is 5.69 Å². The van der Waals surface area contributed by atoms with Crippen molar-refractivity contribution >= 4 is 23.1 Å². The second-order valence-electron chi connectivity index (χ2n) is 3.74. The summed E-state index contributed by atoms with van der Waals surface area (Å²) in [4.78, 5) is 20.5. The molecule has 0 aliphatic heterocycles. The van der Waals surface area contributed by atoms with Crippen molar-refractivity contribution in [3.63, 3.8) is 0 Å². The van der Waals surface area contributed by atoms with Gasteiger partial charge in [-0.25, -0.2) is 9.67 Å². The molecule has 2 aromatic heterocycles. The minimum atomic E-state index is -0.933. The molecule has 0 amide bonds. The van der Waals surface area contributed by atoms with Crippen LogP contribution in [0.3, 0.4) is 0 Å². The van der Waals surface area contributed by atoms with Crippen molar-refractivity contribution in [1.29, 1.82) is 0 Å². The van der Waals surface area contributed by atoms with E-state index < -0.39 is 5.97 Å². The lowest BCUT2D eigenvalue weighted by atomic mass is 10.4. The summed E-state index contributed by atoms with van der Waals surface area (Å²) in [5.41, 5.74) is 1.89. The predicted octanol–water partition coefficient (Wildman–Crippen LogP) is -0.412. The van der Waals surface area contributed by atoms with Crippen LogP contribution in [0.1, 0.15) is 5.69 Å². The highest BCUT2D eigenvalue weighted by Crippen LogP contribution is 2.15. The molecular weight excluding hydrogens is 224 g/mol. The molecule has 0 saturated carbocycles. The van der Waals surface area contributed by atoms with Crippen LogP contribution in [0.2, 0.25) is 0 Å². The highest BCUT2D eigenvalue weighted by Gasteiger charge is 2.14. The Hall–Kier alpha value is -2.25. The van der Waals surface area contributed by atoms with Crippen molar-refractivity contribution in [2.24, 2.45) is 7.05 Å². The second kappa shape index (κ2) is 3.96. The van der Waals surface area contributed by atoms with Gasteiger partial charge in [-0.1, -0.05) is 5.21 Å². The number of carbonyl (C=O) groups is 1. The lowest BCUT2D eigenvalue weighted by Crippen LogP contribution is -2.27. The third kappa shape index (κ3) is 2.01. The van der Waals surface area contributed by atoms with Crippen molar-refractivity contribution in [2.75, 3.05) is 18.5 Å². The first-order chi connectivity index (χ1) is 7.99. The summed E-state index contributed by atoms with van der Waals surface area (Å²) in [6, 6.07) is 0. The monoisotopic (exact) mass is 236 g/mol. The Morgan fingerprint density at radius 1 is 1.47 bits per heavy atom. The molecule has 0 radical (unpaired) electrons. The Kier molecular flexibility index (Phi) is 2.62. The van der Waals surface area contributed by atoms with Crippen LogP contribution >= 0.6 is 0 Å². The fourth-order valence-corrected chi connectivity index (χ4v) is 1.48. The van der Waals surface area contributed by atoms with E-state index in [0.717, 1.165) is 0 Å². The zero-order valence-electron chi connectivity index (χ0n) is 9.75. The van der Waals surface area contributed by atoms with Gasteiger partial charge in [0.2, 0.25) is 5.95 Å². The highest BCUT2D eigenvalue weighted by molar-refractivity contribution is 5.75. The van der Waals surface area contributed by atoms with Crippen molar-refractivity contribution in [2.45, 2.75) is 6.92 Å². The fraction of sp³-hybridized carbons (Fsp3) is 0.444. The van der Waals surface area contributed by atoms with Gasteiger partial charge in [0, 0.05) is 14.1 Å². The number of aromatic nitrogens is 5. The summed E-state index contributed by atoms with van der Waals surface area (Å²) in [5.74, 6) is -0.584. The molecule has 0 bridgehead atoms. The molecule has 0 aromatic carbocycles. The molecule has 2 aromatic rings. The van der Waals surface area contributed by atoms with Crippen molar-refractivity contribution in [1.82, 2.24) is 25.0 Å². The smallest absolute Gasteiger partial charge is 0.323 e. The number of carboxylic acid groups (broad SMARTS) is 1. The standard InChI is InChI=1S/C9H12N6O2/c1-5-7-8(15(3)13-12-7)11-9(10-5)14(2)4-6(16)17/h4H2,1-3H3,(H,16,17). The van der Waals surface area contributed by atoms with E-state index in [1.165, 1.54) is 9.58 Å². The van der Waals surface area contributed by atoms with Gasteiger partial charge in [0.15, 0.2) is 11.2 Å². The van der Waals surface area contributed by atoms with E-state index in [4.69, 9.17) is 5.11 Å². The molecule has 0 spiro atoms. The number of nitrogens with zero attached hydrogens (tertiary/aromatic N) is 6. The van der Waals surface area contributed by atoms with E-state index in [0.29, 0.717) is 22.8 Å². The van der Waals surface area contributed by atoms with Crippen LogP contribution in [0.25, 0.3) is 11.2 Å². The number of carboxylic acids is 1. The Balaban J connectivity index is 2.48. The number of aryl methyl sites for hydroxylation is 2. The summed E-state index contributed by atoms with van der Waals surface area (Å²) in [7, 11) is 3.35. The average molecular weight is 236 g/mol. The molecule has 0 aliphatic carbocycles. The first kappa shape index (κ1) is 11.2. The van der Waals surface area contributed by atoms with Gasteiger partial charge in [0.05, 0.1) is 5.69 Å². The van der Waals surface area contributed by atoms with E-state index >= 15 is 0 Å². The molecule has 8 nitrogen and oxygen atoms in total. The summed E-state index contributed by atoms with van der Waals surface area (Å²) in [6.45, 7) is 1.63. The van der Waals surface area contributed by atoms with Crippen LogP contribution in [0, 0.1) is 6.92 Å². The summed E-state index contributed by atoms with van der Waals surface area (Å²) in [5, 5.41) is 16.5. The van der Waals surface area contributed by atoms with E-state index in [9.17, 15) is 4.79 Å². The first-order valence-corrected chi connectivity index (χ1v) is 4.96. The highest BCUT2D eigenvalue weighted by atomic mass is 16.4. The Labute approximate surface area is 96.9 Å². The van der Waals surface area contributed by atoms with E-state index in [-0.39, 0.29) is 6.54 Å². The molecule has 0 atom stereocenters. The predicted molar refractivity (Wildman–Crippen MR) is 59.7 cm³/mol. The number of likely N-dealkylation sites (N-methyl/N-ethyl adjacent to an activating group) is 1. The molecule has 2 rings (SSSR count). The second-order valence-corrected chi connectivity index (χ2v) is 3.74. The molecule has 0 fully saturated rings. The van der Waals surface area contributed by atoms with Gasteiger partial charge in [-0.2, -0.15) is 4.98 Å². The van der Waals surface area contributed by atoms with Gasteiger partial charge in [-0.05, 0) is 6.92 Å². The average Bonchev–Trinajstić information content (AvgIpc) is 2.60. The van der Waals surface area contributed by atoms with Gasteiger partial charge in [-0.15, -0.1) is 5.10 Å². The molecule has 0 unspecified atom stereocenters. The lowest BCUT2D eigenvalue weighted by Gasteiger charge is -2.14. The molecule has 2 heterocycles. The number of fused-ring (bicyclic) bond motifs is 1. The third-order valence-electron chi connectivity index (χ3n) is 2.33. The maximum Gasteiger partial charge on any atom is 0.323 e. The van der Waals surface area contributed by atoms with Gasteiger partial charge >= 0.3 is 5.97 Å². The molecule has 0 aliphatic rings. The van der Waals surface area contributed by atoms with Gasteiger partial charge in [-0.3, -0.25) is 4.79 Å². The molecule has 1 N–H and O–H groups in total. The normalized spacial score (nSPS) is 10.8. The van der Waals surface area contributed by atoms with E-state index in [1.54, 1.807) is 21.0 Å². The molecule has 0 saturated heterocycles. The summed E-state index contributed by atoms with van der Waals surface area (Å²) < 4.78 is 1.53. The van der Waals surface area contributed by atoms with Gasteiger partial charge < -0.3 is 10.0 Å². The number of hydrogen-bond donors (Lipinski definition) is 1. The maximum absolute atomic E-state index is 10.6. The van der Waals surface area contributed by atoms with E-state index in [1.807, 2.05) is 0 Å². The summed E-state index contributed by atoms with van der Waals surface area (Å²) >= 11 is 0. The van der Waals surface area contributed by atoms with Crippen LogP contribution in [0.4, 0.5) is 5.95 Å². The molecule has 90 valence electrons. The molecule has 17 heavy (non-hydrogen) atoms. The van der Waals surface area contributed by atoms with E-state index in [2.05, 4.69) is 20.3 Å². The van der Waals surface area contributed by atoms with Crippen molar-refractivity contribution < 1.29 is 9.90 Å².